The molecule has 1 aromatic carbocycles. The van der Waals surface area contributed by atoms with E-state index < -0.39 is 0 Å². The Kier molecular flexibility index (Phi) is 7.53. The zero-order valence-electron chi connectivity index (χ0n) is 20.3. The summed E-state index contributed by atoms with van der Waals surface area (Å²) in [5.74, 6) is 3.84. The topological polar surface area (TPSA) is 30.3 Å². The van der Waals surface area contributed by atoms with E-state index in [0.717, 1.165) is 30.7 Å². The molecule has 2 aromatic heterocycles. The van der Waals surface area contributed by atoms with Crippen LogP contribution in [0.25, 0.3) is 10.9 Å². The van der Waals surface area contributed by atoms with Crippen molar-refractivity contribution in [3.8, 4) is 5.75 Å². The van der Waals surface area contributed by atoms with E-state index in [1.165, 1.54) is 85.0 Å². The van der Waals surface area contributed by atoms with Crippen molar-refractivity contribution in [3.63, 3.8) is 0 Å². The fraction of sp³-hybridized carbons (Fsp3) is 0.536. The molecular formula is C28H38ClN3O. The first-order valence-electron chi connectivity index (χ1n) is 12.5. The van der Waals surface area contributed by atoms with E-state index in [2.05, 4.69) is 47.6 Å². The lowest BCUT2D eigenvalue weighted by molar-refractivity contribution is 0.220. The molecule has 0 N–H and O–H groups in total. The van der Waals surface area contributed by atoms with Gasteiger partial charge in [-0.3, -0.25) is 0 Å². The van der Waals surface area contributed by atoms with E-state index in [1.54, 1.807) is 7.11 Å². The highest BCUT2D eigenvalue weighted by atomic mass is 35.5. The molecule has 0 bridgehead atoms. The predicted molar refractivity (Wildman–Crippen MR) is 140 cm³/mol. The number of fused-ring (bicyclic) bond motifs is 1. The van der Waals surface area contributed by atoms with Gasteiger partial charge in [-0.2, -0.15) is 0 Å². The Morgan fingerprint density at radius 1 is 1.00 bits per heavy atom. The maximum Gasteiger partial charge on any atom is 0.153 e. The Morgan fingerprint density at radius 2 is 1.79 bits per heavy atom. The molecule has 4 nitrogen and oxygen atoms in total. The Hall–Kier alpha value is -2.20. The zero-order valence-corrected chi connectivity index (χ0v) is 21.2. The largest absolute Gasteiger partial charge is 0.497 e. The van der Waals surface area contributed by atoms with E-state index in [9.17, 15) is 0 Å². The molecule has 33 heavy (non-hydrogen) atoms. The number of hydrogen-bond acceptors (Lipinski definition) is 3. The maximum absolute atomic E-state index is 5.47. The van der Waals surface area contributed by atoms with Crippen molar-refractivity contribution in [1.29, 1.82) is 0 Å². The van der Waals surface area contributed by atoms with Gasteiger partial charge in [0.05, 0.1) is 12.6 Å². The van der Waals surface area contributed by atoms with Gasteiger partial charge < -0.3 is 14.2 Å². The lowest BCUT2D eigenvalue weighted by Crippen LogP contribution is -2.39. The lowest BCUT2D eigenvalue weighted by atomic mass is 9.76. The third-order valence-electron chi connectivity index (χ3n) is 8.08. The van der Waals surface area contributed by atoms with Crippen LogP contribution in [0.2, 0.25) is 0 Å². The zero-order chi connectivity index (χ0) is 22.1. The maximum atomic E-state index is 5.47. The van der Waals surface area contributed by atoms with Gasteiger partial charge in [0, 0.05) is 36.9 Å². The average molecular weight is 468 g/mol. The van der Waals surface area contributed by atoms with Gasteiger partial charge in [0.1, 0.15) is 5.75 Å². The molecule has 0 radical (unpaired) electrons. The van der Waals surface area contributed by atoms with Crippen LogP contribution in [0, 0.1) is 25.7 Å². The normalized spacial score (nSPS) is 19.5. The fourth-order valence-electron chi connectivity index (χ4n) is 6.15. The van der Waals surface area contributed by atoms with E-state index in [4.69, 9.17) is 9.72 Å². The standard InChI is InChI=1S/C28H37N3O.ClH/c1-20-21(2)31(18-22-9-7-13-25(17-22)32-3)27-26(20)14-15-29-28(27)30-16-8-12-24(19-30)23-10-5-4-6-11-23;/h7,9,13-15,17,23-24H,4-6,8,10-12,16,18-19H2,1-3H3;1H. The van der Waals surface area contributed by atoms with Crippen LogP contribution in [0.3, 0.4) is 0 Å². The minimum absolute atomic E-state index is 0. The van der Waals surface area contributed by atoms with Gasteiger partial charge in [-0.05, 0) is 67.9 Å². The second-order valence-corrected chi connectivity index (χ2v) is 9.93. The van der Waals surface area contributed by atoms with Gasteiger partial charge in [0.25, 0.3) is 0 Å². The van der Waals surface area contributed by atoms with Crippen molar-refractivity contribution in [3.05, 3.63) is 53.3 Å². The van der Waals surface area contributed by atoms with Gasteiger partial charge >= 0.3 is 0 Å². The second-order valence-electron chi connectivity index (χ2n) is 9.93. The summed E-state index contributed by atoms with van der Waals surface area (Å²) < 4.78 is 7.95. The number of hydrogen-bond donors (Lipinski definition) is 0. The third kappa shape index (κ3) is 4.73. The fourth-order valence-corrected chi connectivity index (χ4v) is 6.15. The minimum Gasteiger partial charge on any atom is -0.497 e. The highest BCUT2D eigenvalue weighted by Crippen LogP contribution is 2.38. The van der Waals surface area contributed by atoms with Gasteiger partial charge in [0.2, 0.25) is 0 Å². The number of anilines is 1. The van der Waals surface area contributed by atoms with E-state index >= 15 is 0 Å². The van der Waals surface area contributed by atoms with Crippen molar-refractivity contribution < 1.29 is 4.74 Å². The Balaban J connectivity index is 0.00000259. The average Bonchev–Trinajstić information content (AvgIpc) is 3.10. The summed E-state index contributed by atoms with van der Waals surface area (Å²) in [6, 6.07) is 10.6. The molecule has 1 saturated heterocycles. The van der Waals surface area contributed by atoms with Crippen LogP contribution in [0.1, 0.15) is 61.8 Å². The van der Waals surface area contributed by atoms with E-state index in [1.807, 2.05) is 12.3 Å². The molecule has 0 spiro atoms. The van der Waals surface area contributed by atoms with E-state index in [0.29, 0.717) is 0 Å². The molecule has 1 saturated carbocycles. The monoisotopic (exact) mass is 467 g/mol. The molecule has 0 amide bonds. The summed E-state index contributed by atoms with van der Waals surface area (Å²) in [6.45, 7) is 7.63. The van der Waals surface area contributed by atoms with Crippen LogP contribution in [0.15, 0.2) is 36.5 Å². The molecule has 5 rings (SSSR count). The SMILES string of the molecule is COc1cccc(Cn2c(C)c(C)c3ccnc(N4CCCC(C5CCCCC5)C4)c32)c1.Cl. The van der Waals surface area contributed by atoms with Gasteiger partial charge in [-0.1, -0.05) is 44.2 Å². The lowest BCUT2D eigenvalue weighted by Gasteiger charge is -2.39. The first-order valence-corrected chi connectivity index (χ1v) is 12.5. The van der Waals surface area contributed by atoms with Crippen LogP contribution in [-0.2, 0) is 6.54 Å². The number of piperidine rings is 1. The summed E-state index contributed by atoms with van der Waals surface area (Å²) in [7, 11) is 1.74. The van der Waals surface area contributed by atoms with Crippen molar-refractivity contribution in [2.75, 3.05) is 25.1 Å². The predicted octanol–water partition coefficient (Wildman–Crippen LogP) is 6.93. The van der Waals surface area contributed by atoms with Crippen molar-refractivity contribution in [2.45, 2.75) is 65.3 Å². The number of nitrogens with zero attached hydrogens (tertiary/aromatic N) is 3. The Labute approximate surface area is 204 Å². The van der Waals surface area contributed by atoms with Crippen molar-refractivity contribution >= 4 is 29.1 Å². The molecule has 5 heteroatoms. The second kappa shape index (κ2) is 10.4. The van der Waals surface area contributed by atoms with Gasteiger partial charge in [-0.15, -0.1) is 12.4 Å². The number of methoxy groups -OCH3 is 1. The number of pyridine rings is 1. The van der Waals surface area contributed by atoms with E-state index in [-0.39, 0.29) is 12.4 Å². The number of rotatable bonds is 5. The summed E-state index contributed by atoms with van der Waals surface area (Å²) in [5, 5.41) is 1.34. The quantitative estimate of drug-likeness (QED) is 0.407. The molecular weight excluding hydrogens is 430 g/mol. The Bertz CT molecular complexity index is 1090. The molecule has 1 aliphatic heterocycles. The van der Waals surface area contributed by atoms with Crippen LogP contribution >= 0.6 is 12.4 Å². The van der Waals surface area contributed by atoms with Crippen molar-refractivity contribution in [2.24, 2.45) is 11.8 Å². The molecule has 3 aromatic rings. The smallest absolute Gasteiger partial charge is 0.153 e. The van der Waals surface area contributed by atoms with Gasteiger partial charge in [-0.25, -0.2) is 4.98 Å². The third-order valence-corrected chi connectivity index (χ3v) is 8.08. The number of ether oxygens (including phenoxy) is 1. The van der Waals surface area contributed by atoms with Crippen molar-refractivity contribution in [1.82, 2.24) is 9.55 Å². The summed E-state index contributed by atoms with van der Waals surface area (Å²) in [4.78, 5) is 7.58. The van der Waals surface area contributed by atoms with Crippen LogP contribution in [0.5, 0.6) is 5.75 Å². The number of halogens is 1. The van der Waals surface area contributed by atoms with Gasteiger partial charge in [0.15, 0.2) is 5.82 Å². The first-order chi connectivity index (χ1) is 15.7. The summed E-state index contributed by atoms with van der Waals surface area (Å²) in [6.07, 6.45) is 11.8. The van der Waals surface area contributed by atoms with Crippen LogP contribution in [0.4, 0.5) is 5.82 Å². The molecule has 1 aliphatic carbocycles. The molecule has 178 valence electrons. The highest BCUT2D eigenvalue weighted by Gasteiger charge is 2.30. The van der Waals surface area contributed by atoms with Crippen LogP contribution in [-0.4, -0.2) is 29.8 Å². The number of aryl methyl sites for hydroxylation is 1. The Morgan fingerprint density at radius 3 is 2.58 bits per heavy atom. The number of benzene rings is 1. The summed E-state index contributed by atoms with van der Waals surface area (Å²) in [5.41, 5.74) is 5.26. The molecule has 2 fully saturated rings. The van der Waals surface area contributed by atoms with Crippen LogP contribution < -0.4 is 9.64 Å². The molecule has 3 heterocycles. The first kappa shape index (κ1) is 23.9. The highest BCUT2D eigenvalue weighted by molar-refractivity contribution is 5.93. The minimum atomic E-state index is 0. The summed E-state index contributed by atoms with van der Waals surface area (Å²) >= 11 is 0. The molecule has 1 unspecified atom stereocenters. The number of aromatic nitrogens is 2. The molecule has 1 atom stereocenters. The molecule has 2 aliphatic rings.